The van der Waals surface area contributed by atoms with Crippen LogP contribution in [0.5, 0.6) is 0 Å². The molecule has 4 aromatic carbocycles. The quantitative estimate of drug-likeness (QED) is 0.0932. The van der Waals surface area contributed by atoms with Gasteiger partial charge in [-0.1, -0.05) is 185 Å². The fourth-order valence-corrected chi connectivity index (χ4v) is 14.7. The van der Waals surface area contributed by atoms with E-state index in [1.54, 1.807) is 19.9 Å². The maximum atomic E-state index is 14.9. The van der Waals surface area contributed by atoms with Gasteiger partial charge in [0.2, 0.25) is 11.4 Å². The third-order valence-electron chi connectivity index (χ3n) is 16.5. The van der Waals surface area contributed by atoms with Crippen LogP contribution in [0.2, 0.25) is 39.3 Å². The van der Waals surface area contributed by atoms with Crippen LogP contribution in [0, 0.1) is 67.4 Å². The summed E-state index contributed by atoms with van der Waals surface area (Å²) in [6.07, 6.45) is 2.08. The molecule has 8 nitrogen and oxygen atoms in total. The van der Waals surface area contributed by atoms with Gasteiger partial charge in [-0.25, -0.2) is 9.97 Å². The molecule has 0 aliphatic heterocycles. The molecule has 2 aliphatic rings. The van der Waals surface area contributed by atoms with E-state index in [1.807, 2.05) is 115 Å². The summed E-state index contributed by atoms with van der Waals surface area (Å²) < 4.78 is 191. The average molecular weight is 1730 g/mol. The van der Waals surface area contributed by atoms with Gasteiger partial charge in [-0.15, -0.1) is 102 Å². The SMILES string of the molecule is [2H]C([2H])([2H])c1ccc2c(n1)oc1c(-c3cc(C([2H])([2H])C4CCCC4)c(C([2H])(C)C)cn3)[c-]cc(F)c12.[2H]C([2H])([2H])c1ccc2c(n1)oc1c(-c3cc4c(cn3)C([2H])([2H])CCC4([2H])[2H])[c-]cc(C([2H])([2H])[2H])c12.[2H]C([2H])(c1cc(-c2[c-]cccc2)ncc1[Si](C)(C)C)C(C)(C)C.[2H]C([2H])(c1cc(-c2[c-]cccc2)ncc1[Si](C)(C)C)C(C)(C)C.[Ir].[Ir]. The predicted octanol–water partition coefficient (Wildman–Crippen LogP) is 21.8. The predicted molar refractivity (Wildman–Crippen MR) is 407 cm³/mol. The van der Waals surface area contributed by atoms with E-state index in [4.69, 9.17) is 36.2 Å². The summed E-state index contributed by atoms with van der Waals surface area (Å²) in [5, 5.41) is 3.19. The van der Waals surface area contributed by atoms with Crippen molar-refractivity contribution in [1.29, 1.82) is 0 Å². The van der Waals surface area contributed by atoms with Gasteiger partial charge in [0.15, 0.2) is 0 Å². The Morgan fingerprint density at radius 1 is 0.576 bits per heavy atom. The number of hydrogen-bond donors (Lipinski definition) is 0. The number of pyridine rings is 6. The van der Waals surface area contributed by atoms with E-state index in [0.29, 0.717) is 33.2 Å². The van der Waals surface area contributed by atoms with Crippen LogP contribution in [0.3, 0.4) is 0 Å². The number of halogens is 1. The smallest absolute Gasteiger partial charge is 0.216 e. The first-order chi connectivity index (χ1) is 53.8. The van der Waals surface area contributed by atoms with Crippen LogP contribution in [-0.4, -0.2) is 46.1 Å². The standard InChI is InChI=1S/C26H26FN2O.C22H19N2O.2C19H26NSi.2Ir/c1-15(2)21-14-28-23(13-18(21)12-17-6-4-5-7-17)19-10-11-22(27)24-20-9-8-16(3)29-26(20)30-25(19)24;1-13-7-9-17(19-11-15-5-3-4-6-16(15)12-23-19)21-20(13)18-10-8-14(2)24-22(18)25-21;2*1-19(2,3)13-16-12-17(15-10-8-7-9-11-15)20-14-18(16)21(4,5)6;;/h8-9,11,13-15,17H,4-7,12H2,1-3H3;7-8,10-12H,3-6H2,1-2H3;2*7-10,12,14H,13H2,1-6H3;;/q4*-1;;/i3D3,12D2,15D;1D3,2D3,5D2,6D2;2*13D2;;. The summed E-state index contributed by atoms with van der Waals surface area (Å²) >= 11 is 0. The van der Waals surface area contributed by atoms with Gasteiger partial charge in [0.1, 0.15) is 0 Å². The zero-order valence-corrected chi connectivity index (χ0v) is 65.4. The van der Waals surface area contributed by atoms with Gasteiger partial charge in [0.25, 0.3) is 0 Å². The Hall–Kier alpha value is -6.96. The number of aromatic nitrogens is 6. The minimum atomic E-state index is -2.52. The Kier molecular flexibility index (Phi) is 17.1. The fraction of sp³-hybridized carbons (Fsp3) is 0.372. The molecule has 0 saturated heterocycles. The Labute approximate surface area is 645 Å². The molecule has 0 spiro atoms. The normalized spacial score (nSPS) is 18.4. The molecule has 0 bridgehead atoms. The van der Waals surface area contributed by atoms with Crippen LogP contribution in [0.1, 0.15) is 178 Å². The van der Waals surface area contributed by atoms with Gasteiger partial charge in [-0.2, -0.15) is 0 Å². The van der Waals surface area contributed by atoms with Gasteiger partial charge >= 0.3 is 0 Å². The Bertz CT molecular complexity index is 5560. The number of benzene rings is 4. The van der Waals surface area contributed by atoms with Gasteiger partial charge in [-0.3, -0.25) is 4.39 Å². The summed E-state index contributed by atoms with van der Waals surface area (Å²) in [6, 6.07) is 42.5. The van der Waals surface area contributed by atoms with Crippen molar-refractivity contribution in [2.24, 2.45) is 16.7 Å². The molecule has 8 aromatic heterocycles. The van der Waals surface area contributed by atoms with Gasteiger partial charge in [0.05, 0.1) is 27.3 Å². The van der Waals surface area contributed by atoms with E-state index >= 15 is 0 Å². The molecule has 0 amide bonds. The molecule has 0 atom stereocenters. The molecule has 12 aromatic rings. The topological polar surface area (TPSA) is 104 Å². The summed E-state index contributed by atoms with van der Waals surface area (Å²) in [5.41, 5.74) is 6.03. The van der Waals surface area contributed by atoms with Gasteiger partial charge in [-0.05, 0) is 161 Å². The minimum absolute atomic E-state index is 0. The van der Waals surface area contributed by atoms with Crippen molar-refractivity contribution in [2.45, 2.75) is 192 Å². The molecular weight excluding hydrogens is 1610 g/mol. The third kappa shape index (κ3) is 18.6. The molecule has 99 heavy (non-hydrogen) atoms. The molecule has 1 fully saturated rings. The zero-order valence-electron chi connectivity index (χ0n) is 78.6. The van der Waals surface area contributed by atoms with Crippen molar-refractivity contribution in [3.63, 3.8) is 0 Å². The maximum Gasteiger partial charge on any atom is 0.216 e. The zero-order chi connectivity index (χ0) is 86.5. The van der Waals surface area contributed by atoms with Crippen LogP contribution in [0.15, 0.2) is 143 Å². The fourth-order valence-electron chi connectivity index (χ4n) is 11.9. The summed E-state index contributed by atoms with van der Waals surface area (Å²) in [4.78, 5) is 26.3. The summed E-state index contributed by atoms with van der Waals surface area (Å²) in [5.74, 6) is -1.84. The molecule has 14 rings (SSSR count). The number of fused-ring (bicyclic) bond motifs is 7. The van der Waals surface area contributed by atoms with E-state index in [1.165, 1.54) is 54.9 Å². The first kappa shape index (κ1) is 52.9. The largest absolute Gasteiger partial charge is 0.486 e. The van der Waals surface area contributed by atoms with E-state index in [0.717, 1.165) is 69.7 Å². The molecule has 8 heterocycles. The van der Waals surface area contributed by atoms with Gasteiger partial charge in [0, 0.05) is 120 Å². The second kappa shape index (κ2) is 31.9. The van der Waals surface area contributed by atoms with Crippen molar-refractivity contribution < 1.29 is 80.9 Å². The number of nitrogens with zero attached hydrogens (tertiary/aromatic N) is 6. The Morgan fingerprint density at radius 2 is 1.06 bits per heavy atom. The number of rotatable bonds is 11. The van der Waals surface area contributed by atoms with Crippen molar-refractivity contribution >= 4 is 70.7 Å². The molecule has 2 radical (unpaired) electrons. The van der Waals surface area contributed by atoms with Crippen LogP contribution in [-0.2, 0) is 72.1 Å². The van der Waals surface area contributed by atoms with Crippen molar-refractivity contribution in [2.75, 3.05) is 0 Å². The van der Waals surface area contributed by atoms with Crippen molar-refractivity contribution in [1.82, 2.24) is 29.9 Å². The van der Waals surface area contributed by atoms with E-state index < -0.39 is 91.1 Å². The molecular formula is C86H97FIr2N6O2Si2-4. The van der Waals surface area contributed by atoms with Crippen LogP contribution in [0.4, 0.5) is 4.39 Å². The maximum absolute atomic E-state index is 14.9. The molecule has 0 N–H and O–H groups in total. The molecule has 1 saturated carbocycles. The first-order valence-electron chi connectivity index (χ1n) is 43.0. The molecule has 2 aliphatic carbocycles. The van der Waals surface area contributed by atoms with E-state index in [-0.39, 0.29) is 132 Å². The summed E-state index contributed by atoms with van der Waals surface area (Å²) in [7, 11) is -3.41. The molecule has 13 heteroatoms. The van der Waals surface area contributed by atoms with Crippen LogP contribution in [0.25, 0.3) is 89.2 Å². The van der Waals surface area contributed by atoms with Crippen molar-refractivity contribution in [3.05, 3.63) is 214 Å². The number of aryl methyl sites for hydroxylation is 5. The van der Waals surface area contributed by atoms with Crippen LogP contribution < -0.4 is 10.4 Å². The number of furan rings is 2. The third-order valence-corrected chi connectivity index (χ3v) is 20.5. The number of hydrogen-bond acceptors (Lipinski definition) is 8. The Balaban J connectivity index is 0.000000184. The Morgan fingerprint density at radius 3 is 1.56 bits per heavy atom. The van der Waals surface area contributed by atoms with Crippen molar-refractivity contribution in [3.8, 4) is 45.0 Å². The van der Waals surface area contributed by atoms with E-state index in [9.17, 15) is 4.39 Å². The second-order valence-corrected chi connectivity index (χ2v) is 39.1. The van der Waals surface area contributed by atoms with E-state index in [2.05, 4.69) is 93.5 Å². The van der Waals surface area contributed by atoms with Crippen LogP contribution >= 0.6 is 0 Å². The van der Waals surface area contributed by atoms with Gasteiger partial charge < -0.3 is 28.8 Å². The summed E-state index contributed by atoms with van der Waals surface area (Å²) in [6.45, 7) is 21.1. The average Bonchev–Trinajstić information content (AvgIpc) is 1.62. The minimum Gasteiger partial charge on any atom is -0.486 e. The first-order valence-corrected chi connectivity index (χ1v) is 40.0. The second-order valence-electron chi connectivity index (χ2n) is 29.0. The molecule has 520 valence electrons. The monoisotopic (exact) mass is 1730 g/mol. The molecule has 0 unspecified atom stereocenters.